The number of methoxy groups -OCH3 is 2. The predicted molar refractivity (Wildman–Crippen MR) is 70.8 cm³/mol. The van der Waals surface area contributed by atoms with Crippen LogP contribution in [0.3, 0.4) is 0 Å². The van der Waals surface area contributed by atoms with E-state index in [1.807, 2.05) is 0 Å². The van der Waals surface area contributed by atoms with Crippen molar-refractivity contribution in [1.82, 2.24) is 5.32 Å². The molecule has 4 heteroatoms. The SMILES string of the molecule is COCC(CNC1CCOC2(CCCC2)C1)OC. The minimum absolute atomic E-state index is 0.150. The quantitative estimate of drug-likeness (QED) is 0.786. The summed E-state index contributed by atoms with van der Waals surface area (Å²) in [5.74, 6) is 0. The first-order valence-electron chi connectivity index (χ1n) is 7.17. The van der Waals surface area contributed by atoms with Crippen molar-refractivity contribution >= 4 is 0 Å². The van der Waals surface area contributed by atoms with E-state index in [0.717, 1.165) is 26.0 Å². The Kier molecular flexibility index (Phi) is 5.42. The summed E-state index contributed by atoms with van der Waals surface area (Å²) in [4.78, 5) is 0. The van der Waals surface area contributed by atoms with Gasteiger partial charge in [0, 0.05) is 33.4 Å². The molecule has 18 heavy (non-hydrogen) atoms. The van der Waals surface area contributed by atoms with Gasteiger partial charge >= 0.3 is 0 Å². The lowest BCUT2D eigenvalue weighted by atomic mass is 9.89. The fraction of sp³-hybridized carbons (Fsp3) is 1.00. The minimum Gasteiger partial charge on any atom is -0.382 e. The van der Waals surface area contributed by atoms with Gasteiger partial charge in [-0.05, 0) is 25.7 Å². The molecule has 0 bridgehead atoms. The molecule has 106 valence electrons. The molecule has 2 unspecified atom stereocenters. The molecule has 2 rings (SSSR count). The van der Waals surface area contributed by atoms with Crippen molar-refractivity contribution in [3.05, 3.63) is 0 Å². The highest BCUT2D eigenvalue weighted by Gasteiger charge is 2.39. The van der Waals surface area contributed by atoms with Crippen molar-refractivity contribution in [3.8, 4) is 0 Å². The molecule has 2 fully saturated rings. The first kappa shape index (κ1) is 14.3. The van der Waals surface area contributed by atoms with E-state index in [-0.39, 0.29) is 11.7 Å². The van der Waals surface area contributed by atoms with Crippen LogP contribution in [0.5, 0.6) is 0 Å². The monoisotopic (exact) mass is 257 g/mol. The highest BCUT2D eigenvalue weighted by Crippen LogP contribution is 2.39. The third-order valence-electron chi connectivity index (χ3n) is 4.33. The molecule has 1 heterocycles. The van der Waals surface area contributed by atoms with Gasteiger partial charge in [0.2, 0.25) is 0 Å². The van der Waals surface area contributed by atoms with Crippen LogP contribution in [0.2, 0.25) is 0 Å². The normalized spacial score (nSPS) is 28.7. The van der Waals surface area contributed by atoms with Crippen LogP contribution in [-0.4, -0.2) is 51.7 Å². The molecule has 1 N–H and O–H groups in total. The van der Waals surface area contributed by atoms with Crippen LogP contribution in [0.25, 0.3) is 0 Å². The molecule has 0 amide bonds. The summed E-state index contributed by atoms with van der Waals surface area (Å²) < 4.78 is 16.6. The van der Waals surface area contributed by atoms with Crippen LogP contribution >= 0.6 is 0 Å². The van der Waals surface area contributed by atoms with Crippen molar-refractivity contribution in [2.45, 2.75) is 56.3 Å². The Balaban J connectivity index is 1.75. The molecule has 0 aromatic heterocycles. The highest BCUT2D eigenvalue weighted by molar-refractivity contribution is 4.93. The van der Waals surface area contributed by atoms with Gasteiger partial charge in [-0.25, -0.2) is 0 Å². The van der Waals surface area contributed by atoms with Crippen molar-refractivity contribution in [3.63, 3.8) is 0 Å². The zero-order valence-corrected chi connectivity index (χ0v) is 11.7. The van der Waals surface area contributed by atoms with Crippen LogP contribution in [0.15, 0.2) is 0 Å². The second-order valence-corrected chi connectivity index (χ2v) is 5.65. The maximum atomic E-state index is 6.04. The standard InChI is InChI=1S/C14H27NO3/c1-16-11-13(17-2)10-15-12-5-8-18-14(9-12)6-3-4-7-14/h12-13,15H,3-11H2,1-2H3. The van der Waals surface area contributed by atoms with Crippen LogP contribution < -0.4 is 5.32 Å². The number of hydrogen-bond acceptors (Lipinski definition) is 4. The van der Waals surface area contributed by atoms with Gasteiger partial charge in [-0.3, -0.25) is 0 Å². The summed E-state index contributed by atoms with van der Waals surface area (Å²) in [6.45, 7) is 2.42. The number of rotatable bonds is 6. The lowest BCUT2D eigenvalue weighted by Gasteiger charge is -2.39. The summed E-state index contributed by atoms with van der Waals surface area (Å²) >= 11 is 0. The van der Waals surface area contributed by atoms with Gasteiger partial charge in [-0.15, -0.1) is 0 Å². The highest BCUT2D eigenvalue weighted by atomic mass is 16.5. The van der Waals surface area contributed by atoms with E-state index in [2.05, 4.69) is 5.32 Å². The third kappa shape index (κ3) is 3.67. The second-order valence-electron chi connectivity index (χ2n) is 5.65. The summed E-state index contributed by atoms with van der Waals surface area (Å²) in [5.41, 5.74) is 0.194. The number of hydrogen-bond donors (Lipinski definition) is 1. The fourth-order valence-corrected chi connectivity index (χ4v) is 3.26. The van der Waals surface area contributed by atoms with E-state index in [4.69, 9.17) is 14.2 Å². The number of nitrogens with one attached hydrogen (secondary N) is 1. The smallest absolute Gasteiger partial charge is 0.0928 e. The van der Waals surface area contributed by atoms with Crippen molar-refractivity contribution < 1.29 is 14.2 Å². The molecular formula is C14H27NO3. The molecule has 1 saturated carbocycles. The van der Waals surface area contributed by atoms with E-state index in [9.17, 15) is 0 Å². The van der Waals surface area contributed by atoms with Crippen LogP contribution in [0.1, 0.15) is 38.5 Å². The average molecular weight is 257 g/mol. The first-order valence-corrected chi connectivity index (χ1v) is 7.17. The van der Waals surface area contributed by atoms with Crippen molar-refractivity contribution in [2.75, 3.05) is 34.0 Å². The largest absolute Gasteiger partial charge is 0.382 e. The maximum absolute atomic E-state index is 6.04. The fourth-order valence-electron chi connectivity index (χ4n) is 3.26. The summed E-state index contributed by atoms with van der Waals surface area (Å²) in [6, 6.07) is 0.575. The average Bonchev–Trinajstić information content (AvgIpc) is 2.82. The summed E-state index contributed by atoms with van der Waals surface area (Å²) in [6.07, 6.45) is 7.58. The van der Waals surface area contributed by atoms with E-state index >= 15 is 0 Å². The molecule has 2 aliphatic rings. The number of ether oxygens (including phenoxy) is 3. The van der Waals surface area contributed by atoms with Gasteiger partial charge < -0.3 is 19.5 Å². The van der Waals surface area contributed by atoms with Crippen molar-refractivity contribution in [2.24, 2.45) is 0 Å². The first-order chi connectivity index (χ1) is 8.78. The maximum Gasteiger partial charge on any atom is 0.0928 e. The van der Waals surface area contributed by atoms with E-state index in [1.54, 1.807) is 14.2 Å². The van der Waals surface area contributed by atoms with Crippen LogP contribution in [0.4, 0.5) is 0 Å². The van der Waals surface area contributed by atoms with E-state index < -0.39 is 0 Å². The zero-order valence-electron chi connectivity index (χ0n) is 11.7. The van der Waals surface area contributed by atoms with Gasteiger partial charge in [-0.1, -0.05) is 12.8 Å². The van der Waals surface area contributed by atoms with Gasteiger partial charge in [-0.2, -0.15) is 0 Å². The van der Waals surface area contributed by atoms with Gasteiger partial charge in [0.15, 0.2) is 0 Å². The van der Waals surface area contributed by atoms with E-state index in [0.29, 0.717) is 12.6 Å². The van der Waals surface area contributed by atoms with E-state index in [1.165, 1.54) is 25.7 Å². The molecule has 4 nitrogen and oxygen atoms in total. The lowest BCUT2D eigenvalue weighted by molar-refractivity contribution is -0.0852. The topological polar surface area (TPSA) is 39.7 Å². The molecule has 1 saturated heterocycles. The Morgan fingerprint density at radius 3 is 2.78 bits per heavy atom. The lowest BCUT2D eigenvalue weighted by Crippen LogP contribution is -2.47. The Morgan fingerprint density at radius 2 is 2.11 bits per heavy atom. The van der Waals surface area contributed by atoms with Gasteiger partial charge in [0.05, 0.1) is 18.3 Å². The minimum atomic E-state index is 0.150. The Labute approximate surface area is 110 Å². The molecule has 1 aliphatic heterocycles. The molecule has 1 spiro atoms. The van der Waals surface area contributed by atoms with Crippen molar-refractivity contribution in [1.29, 1.82) is 0 Å². The third-order valence-corrected chi connectivity index (χ3v) is 4.33. The second kappa shape index (κ2) is 6.85. The Hall–Kier alpha value is -0.160. The zero-order chi connectivity index (χ0) is 12.8. The van der Waals surface area contributed by atoms with Crippen LogP contribution in [0, 0.1) is 0 Å². The van der Waals surface area contributed by atoms with Gasteiger partial charge in [0.1, 0.15) is 0 Å². The molecule has 0 aromatic carbocycles. The summed E-state index contributed by atoms with van der Waals surface area (Å²) in [7, 11) is 3.46. The Morgan fingerprint density at radius 1 is 1.33 bits per heavy atom. The molecule has 0 radical (unpaired) electrons. The predicted octanol–water partition coefficient (Wildman–Crippen LogP) is 1.73. The molecule has 2 atom stereocenters. The molecule has 1 aliphatic carbocycles. The summed E-state index contributed by atoms with van der Waals surface area (Å²) in [5, 5.41) is 3.62. The molecular weight excluding hydrogens is 230 g/mol. The van der Waals surface area contributed by atoms with Crippen LogP contribution in [-0.2, 0) is 14.2 Å². The molecule has 0 aromatic rings. The Bertz CT molecular complexity index is 241. The van der Waals surface area contributed by atoms with Gasteiger partial charge in [0.25, 0.3) is 0 Å².